The molecule has 1 aliphatic carbocycles. The number of likely N-dealkylation sites (N-methyl/N-ethyl adjacent to an activating group) is 1. The van der Waals surface area contributed by atoms with E-state index in [0.29, 0.717) is 35.6 Å². The van der Waals surface area contributed by atoms with Crippen molar-refractivity contribution in [1.82, 2.24) is 19.0 Å². The molecule has 0 radical (unpaired) electrons. The number of hydrogen-bond acceptors (Lipinski definition) is 7. The molecule has 224 valence electrons. The topological polar surface area (TPSA) is 105 Å². The van der Waals surface area contributed by atoms with Gasteiger partial charge in [0.25, 0.3) is 11.8 Å². The Morgan fingerprint density at radius 2 is 1.81 bits per heavy atom. The lowest BCUT2D eigenvalue weighted by atomic mass is 9.65. The Bertz CT molecular complexity index is 1690. The van der Waals surface area contributed by atoms with Crippen molar-refractivity contribution in [1.29, 1.82) is 0 Å². The van der Waals surface area contributed by atoms with Crippen LogP contribution in [0.2, 0.25) is 0 Å². The van der Waals surface area contributed by atoms with Crippen LogP contribution in [0.3, 0.4) is 0 Å². The van der Waals surface area contributed by atoms with Crippen LogP contribution >= 0.6 is 11.3 Å². The normalized spacial score (nSPS) is 24.0. The van der Waals surface area contributed by atoms with Crippen molar-refractivity contribution in [2.75, 3.05) is 25.5 Å². The Hall–Kier alpha value is -2.86. The second kappa shape index (κ2) is 10.1. The first-order chi connectivity index (χ1) is 19.7. The summed E-state index contributed by atoms with van der Waals surface area (Å²) in [5.74, 6) is -0.647. The number of carbonyl (C=O) groups is 2. The van der Waals surface area contributed by atoms with Crippen molar-refractivity contribution in [2.45, 2.75) is 77.8 Å². The number of rotatable bonds is 5. The van der Waals surface area contributed by atoms with Crippen LogP contribution < -0.4 is 5.32 Å². The zero-order valence-corrected chi connectivity index (χ0v) is 26.8. The maximum Gasteiger partial charge on any atom is 0.281 e. The standard InChI is InChI=1S/C31H39N5O4S2/c1-19-13-20(2)36(33-19)29(38)26-24-11-12-34(6)16-25(24)41-28(26)32-27(37)21-7-9-23(10-8-21)42(39,40)35-18-31(5)15-22(35)14-30(3,4)17-31/h7-10,13,22H,11-12,14-18H2,1-6H3,(H,32,37). The second-order valence-corrected chi connectivity index (χ2v) is 16.6. The lowest BCUT2D eigenvalue weighted by molar-refractivity contribution is 0.0942. The van der Waals surface area contributed by atoms with Gasteiger partial charge < -0.3 is 10.2 Å². The van der Waals surface area contributed by atoms with Crippen molar-refractivity contribution in [3.05, 3.63) is 63.3 Å². The second-order valence-electron chi connectivity index (χ2n) is 13.6. The lowest BCUT2D eigenvalue weighted by Gasteiger charge is -2.39. The summed E-state index contributed by atoms with van der Waals surface area (Å²) >= 11 is 1.42. The first-order valence-electron chi connectivity index (χ1n) is 14.5. The predicted molar refractivity (Wildman–Crippen MR) is 164 cm³/mol. The lowest BCUT2D eigenvalue weighted by Crippen LogP contribution is -2.37. The number of aryl methyl sites for hydroxylation is 2. The monoisotopic (exact) mass is 609 g/mol. The number of benzene rings is 1. The van der Waals surface area contributed by atoms with Crippen molar-refractivity contribution in [2.24, 2.45) is 10.8 Å². The van der Waals surface area contributed by atoms with Gasteiger partial charge in [-0.25, -0.2) is 13.1 Å². The average molecular weight is 610 g/mol. The zero-order valence-electron chi connectivity index (χ0n) is 25.2. The molecule has 2 fully saturated rings. The molecule has 1 amide bonds. The van der Waals surface area contributed by atoms with Gasteiger partial charge in [0.15, 0.2) is 0 Å². The number of nitrogens with one attached hydrogen (secondary N) is 1. The number of amides is 1. The fourth-order valence-electron chi connectivity index (χ4n) is 7.56. The molecule has 2 unspecified atom stereocenters. The van der Waals surface area contributed by atoms with Crippen LogP contribution in [0.4, 0.5) is 5.00 Å². The van der Waals surface area contributed by atoms with Gasteiger partial charge in [0, 0.05) is 41.8 Å². The smallest absolute Gasteiger partial charge is 0.281 e. The molecule has 4 heterocycles. The van der Waals surface area contributed by atoms with Gasteiger partial charge in [0.05, 0.1) is 16.2 Å². The summed E-state index contributed by atoms with van der Waals surface area (Å²) in [6.45, 7) is 12.4. The number of aromatic nitrogens is 2. The molecule has 1 N–H and O–H groups in total. The molecule has 2 aliphatic heterocycles. The van der Waals surface area contributed by atoms with E-state index in [1.807, 2.05) is 27.0 Å². The Kier molecular flexibility index (Phi) is 7.03. The molecule has 1 aromatic carbocycles. The Balaban J connectivity index is 1.26. The zero-order chi connectivity index (χ0) is 30.2. The minimum absolute atomic E-state index is 0.00574. The summed E-state index contributed by atoms with van der Waals surface area (Å²) in [5.41, 5.74) is 3.35. The largest absolute Gasteiger partial charge is 0.313 e. The van der Waals surface area contributed by atoms with E-state index in [0.717, 1.165) is 47.6 Å². The van der Waals surface area contributed by atoms with Crippen LogP contribution in [0.25, 0.3) is 0 Å². The van der Waals surface area contributed by atoms with Crippen LogP contribution in [-0.2, 0) is 23.0 Å². The fourth-order valence-corrected chi connectivity index (χ4v) is 10.7. The summed E-state index contributed by atoms with van der Waals surface area (Å²) in [6.07, 6.45) is 3.45. The quantitative estimate of drug-likeness (QED) is 0.433. The van der Waals surface area contributed by atoms with Gasteiger partial charge in [-0.3, -0.25) is 9.59 Å². The van der Waals surface area contributed by atoms with Crippen LogP contribution in [0.1, 0.15) is 82.6 Å². The minimum Gasteiger partial charge on any atom is -0.313 e. The highest BCUT2D eigenvalue weighted by Gasteiger charge is 2.53. The Labute approximate surface area is 251 Å². The molecule has 6 rings (SSSR count). The number of sulfonamides is 1. The highest BCUT2D eigenvalue weighted by Crippen LogP contribution is 2.53. The van der Waals surface area contributed by atoms with Gasteiger partial charge >= 0.3 is 0 Å². The highest BCUT2D eigenvalue weighted by atomic mass is 32.2. The number of thiophene rings is 1. The first kappa shape index (κ1) is 29.2. The van der Waals surface area contributed by atoms with Crippen LogP contribution in [-0.4, -0.2) is 65.4 Å². The Morgan fingerprint density at radius 1 is 1.10 bits per heavy atom. The van der Waals surface area contributed by atoms with Gasteiger partial charge in [-0.05, 0) is 93.3 Å². The van der Waals surface area contributed by atoms with Gasteiger partial charge in [0.1, 0.15) is 5.00 Å². The molecular formula is C31H39N5O4S2. The molecule has 1 saturated carbocycles. The molecule has 3 aromatic rings. The summed E-state index contributed by atoms with van der Waals surface area (Å²) in [4.78, 5) is 30.6. The number of anilines is 1. The van der Waals surface area contributed by atoms with Gasteiger partial charge in [-0.2, -0.15) is 9.40 Å². The summed E-state index contributed by atoms with van der Waals surface area (Å²) in [7, 11) is -1.66. The number of carbonyl (C=O) groups excluding carboxylic acids is 2. The SMILES string of the molecule is Cc1cc(C)n(C(=O)c2c(NC(=O)c3ccc(S(=O)(=O)N4CC5(C)CC4CC(C)(C)C5)cc3)sc3c2CCN(C)C3)n1. The van der Waals surface area contributed by atoms with Crippen LogP contribution in [0.15, 0.2) is 35.2 Å². The van der Waals surface area contributed by atoms with E-state index >= 15 is 0 Å². The summed E-state index contributed by atoms with van der Waals surface area (Å²) < 4.78 is 30.5. The number of fused-ring (bicyclic) bond motifs is 3. The van der Waals surface area contributed by atoms with E-state index in [4.69, 9.17) is 0 Å². The summed E-state index contributed by atoms with van der Waals surface area (Å²) in [6, 6.07) is 8.01. The van der Waals surface area contributed by atoms with Crippen molar-refractivity contribution < 1.29 is 18.0 Å². The molecule has 42 heavy (non-hydrogen) atoms. The average Bonchev–Trinajstić information content (AvgIpc) is 3.51. The van der Waals surface area contributed by atoms with Crippen molar-refractivity contribution >= 4 is 38.2 Å². The highest BCUT2D eigenvalue weighted by molar-refractivity contribution is 7.89. The van der Waals surface area contributed by atoms with Crippen molar-refractivity contribution in [3.63, 3.8) is 0 Å². The number of nitrogens with zero attached hydrogens (tertiary/aromatic N) is 4. The molecule has 9 nitrogen and oxygen atoms in total. The Morgan fingerprint density at radius 3 is 2.48 bits per heavy atom. The molecule has 11 heteroatoms. The molecule has 3 aliphatic rings. The predicted octanol–water partition coefficient (Wildman–Crippen LogP) is 5.08. The molecular weight excluding hydrogens is 571 g/mol. The van der Waals surface area contributed by atoms with E-state index in [2.05, 4.69) is 36.1 Å². The first-order valence-corrected chi connectivity index (χ1v) is 16.8. The molecule has 0 spiro atoms. The van der Waals surface area contributed by atoms with Crippen LogP contribution in [0.5, 0.6) is 0 Å². The maximum atomic E-state index is 13.7. The third-order valence-corrected chi connectivity index (χ3v) is 12.0. The van der Waals surface area contributed by atoms with Gasteiger partial charge in [0.2, 0.25) is 10.0 Å². The molecule has 1 saturated heterocycles. The maximum absolute atomic E-state index is 13.7. The van der Waals surface area contributed by atoms with Gasteiger partial charge in [-0.15, -0.1) is 11.3 Å². The molecule has 2 aromatic heterocycles. The van der Waals surface area contributed by atoms with Crippen LogP contribution in [0, 0.1) is 24.7 Å². The molecule has 2 atom stereocenters. The third-order valence-electron chi connectivity index (χ3n) is 8.98. The fraction of sp³-hybridized carbons (Fsp3) is 0.516. The molecule has 2 bridgehead atoms. The van der Waals surface area contributed by atoms with E-state index in [-0.39, 0.29) is 33.6 Å². The van der Waals surface area contributed by atoms with E-state index < -0.39 is 10.0 Å². The third kappa shape index (κ3) is 5.14. The van der Waals surface area contributed by atoms with E-state index in [9.17, 15) is 18.0 Å². The van der Waals surface area contributed by atoms with Gasteiger partial charge in [-0.1, -0.05) is 20.8 Å². The number of hydrogen-bond donors (Lipinski definition) is 1. The van der Waals surface area contributed by atoms with E-state index in [1.54, 1.807) is 16.4 Å². The van der Waals surface area contributed by atoms with E-state index in [1.165, 1.54) is 28.2 Å². The van der Waals surface area contributed by atoms with Crippen molar-refractivity contribution in [3.8, 4) is 0 Å². The summed E-state index contributed by atoms with van der Waals surface area (Å²) in [5, 5.41) is 7.86. The minimum atomic E-state index is -3.70.